The molecule has 0 saturated carbocycles. The highest BCUT2D eigenvalue weighted by molar-refractivity contribution is 6.00. The SMILES string of the molecule is Cc1cc(C(=O)N(C)CC(=O)Nc2ccc(F)cc2)c(C)n1C(C)C. The van der Waals surface area contributed by atoms with Gasteiger partial charge in [0.1, 0.15) is 5.82 Å². The fraction of sp³-hybridized carbons (Fsp3) is 0.368. The number of nitrogens with one attached hydrogen (secondary N) is 1. The third-order valence-corrected chi connectivity index (χ3v) is 4.09. The Morgan fingerprint density at radius 2 is 1.80 bits per heavy atom. The van der Waals surface area contributed by atoms with Crippen molar-refractivity contribution in [3.05, 3.63) is 53.1 Å². The number of nitrogens with zero attached hydrogens (tertiary/aromatic N) is 2. The smallest absolute Gasteiger partial charge is 0.255 e. The lowest BCUT2D eigenvalue weighted by Gasteiger charge is -2.18. The van der Waals surface area contributed by atoms with Crippen molar-refractivity contribution in [2.45, 2.75) is 33.7 Å². The number of rotatable bonds is 5. The van der Waals surface area contributed by atoms with Gasteiger partial charge in [0.15, 0.2) is 0 Å². The van der Waals surface area contributed by atoms with Crippen LogP contribution in [0.1, 0.15) is 41.6 Å². The van der Waals surface area contributed by atoms with Gasteiger partial charge < -0.3 is 14.8 Å². The van der Waals surface area contributed by atoms with Gasteiger partial charge in [-0.3, -0.25) is 9.59 Å². The third-order valence-electron chi connectivity index (χ3n) is 4.09. The van der Waals surface area contributed by atoms with E-state index >= 15 is 0 Å². The Kier molecular flexibility index (Phi) is 5.62. The summed E-state index contributed by atoms with van der Waals surface area (Å²) >= 11 is 0. The van der Waals surface area contributed by atoms with Crippen molar-refractivity contribution < 1.29 is 14.0 Å². The van der Waals surface area contributed by atoms with E-state index in [1.165, 1.54) is 29.2 Å². The van der Waals surface area contributed by atoms with Crippen LogP contribution in [-0.2, 0) is 4.79 Å². The molecule has 0 unspecified atom stereocenters. The number of aromatic nitrogens is 1. The average molecular weight is 345 g/mol. The molecule has 2 amide bonds. The molecule has 0 aliphatic heterocycles. The maximum absolute atomic E-state index is 12.9. The predicted octanol–water partition coefficient (Wildman–Crippen LogP) is 3.54. The number of hydrogen-bond donors (Lipinski definition) is 1. The van der Waals surface area contributed by atoms with Crippen LogP contribution in [0, 0.1) is 19.7 Å². The second-order valence-electron chi connectivity index (χ2n) is 6.46. The second kappa shape index (κ2) is 7.51. The van der Waals surface area contributed by atoms with E-state index in [0.29, 0.717) is 11.3 Å². The molecule has 0 atom stereocenters. The van der Waals surface area contributed by atoms with E-state index in [-0.39, 0.29) is 30.2 Å². The number of amides is 2. The summed E-state index contributed by atoms with van der Waals surface area (Å²) in [5, 5.41) is 2.65. The summed E-state index contributed by atoms with van der Waals surface area (Å²) in [6, 6.07) is 7.60. The van der Waals surface area contributed by atoms with Crippen LogP contribution < -0.4 is 5.32 Å². The summed E-state index contributed by atoms with van der Waals surface area (Å²) in [6.07, 6.45) is 0. The first kappa shape index (κ1) is 18.7. The molecule has 1 aromatic heterocycles. The quantitative estimate of drug-likeness (QED) is 0.901. The molecular weight excluding hydrogens is 321 g/mol. The lowest BCUT2D eigenvalue weighted by atomic mass is 10.2. The molecule has 0 radical (unpaired) electrons. The normalized spacial score (nSPS) is 10.8. The van der Waals surface area contributed by atoms with Crippen molar-refractivity contribution in [2.75, 3.05) is 18.9 Å². The minimum absolute atomic E-state index is 0.0818. The van der Waals surface area contributed by atoms with E-state index in [4.69, 9.17) is 0 Å². The van der Waals surface area contributed by atoms with Gasteiger partial charge in [-0.1, -0.05) is 0 Å². The molecule has 0 aliphatic carbocycles. The number of carbonyl (C=O) groups excluding carboxylic acids is 2. The van der Waals surface area contributed by atoms with E-state index < -0.39 is 0 Å². The van der Waals surface area contributed by atoms with Gasteiger partial charge >= 0.3 is 0 Å². The summed E-state index contributed by atoms with van der Waals surface area (Å²) in [6.45, 7) is 7.92. The van der Waals surface area contributed by atoms with Crippen molar-refractivity contribution in [1.29, 1.82) is 0 Å². The van der Waals surface area contributed by atoms with Crippen molar-refractivity contribution in [3.8, 4) is 0 Å². The molecule has 1 N–H and O–H groups in total. The Morgan fingerprint density at radius 1 is 1.20 bits per heavy atom. The van der Waals surface area contributed by atoms with Crippen molar-refractivity contribution in [1.82, 2.24) is 9.47 Å². The van der Waals surface area contributed by atoms with Crippen LogP contribution in [0.5, 0.6) is 0 Å². The maximum Gasteiger partial charge on any atom is 0.255 e. The summed E-state index contributed by atoms with van der Waals surface area (Å²) in [4.78, 5) is 26.2. The molecule has 5 nitrogen and oxygen atoms in total. The van der Waals surface area contributed by atoms with Gasteiger partial charge in [-0.15, -0.1) is 0 Å². The van der Waals surface area contributed by atoms with Gasteiger partial charge in [0.2, 0.25) is 5.91 Å². The predicted molar refractivity (Wildman–Crippen MR) is 96.3 cm³/mol. The lowest BCUT2D eigenvalue weighted by Crippen LogP contribution is -2.35. The number of benzene rings is 1. The van der Waals surface area contributed by atoms with E-state index in [0.717, 1.165) is 11.4 Å². The monoisotopic (exact) mass is 345 g/mol. The standard InChI is InChI=1S/C19H24FN3O2/c1-12(2)23-13(3)10-17(14(23)4)19(25)22(5)11-18(24)21-16-8-6-15(20)7-9-16/h6-10,12H,11H2,1-5H3,(H,21,24). The zero-order valence-electron chi connectivity index (χ0n) is 15.3. The largest absolute Gasteiger partial charge is 0.346 e. The highest BCUT2D eigenvalue weighted by Crippen LogP contribution is 2.21. The molecule has 25 heavy (non-hydrogen) atoms. The van der Waals surface area contributed by atoms with E-state index in [1.807, 2.05) is 19.9 Å². The number of hydrogen-bond acceptors (Lipinski definition) is 2. The lowest BCUT2D eigenvalue weighted by molar-refractivity contribution is -0.116. The van der Waals surface area contributed by atoms with Crippen molar-refractivity contribution in [3.63, 3.8) is 0 Å². The molecule has 134 valence electrons. The molecule has 0 saturated heterocycles. The van der Waals surface area contributed by atoms with E-state index in [1.54, 1.807) is 7.05 Å². The maximum atomic E-state index is 12.9. The van der Waals surface area contributed by atoms with Gasteiger partial charge in [-0.2, -0.15) is 0 Å². The Hall–Kier alpha value is -2.63. The van der Waals surface area contributed by atoms with Crippen LogP contribution in [0.3, 0.4) is 0 Å². The van der Waals surface area contributed by atoms with Gasteiger partial charge in [-0.05, 0) is 58.0 Å². The van der Waals surface area contributed by atoms with Gasteiger partial charge in [0.25, 0.3) is 5.91 Å². The third kappa shape index (κ3) is 4.26. The van der Waals surface area contributed by atoms with Gasteiger partial charge in [0.05, 0.1) is 12.1 Å². The van der Waals surface area contributed by atoms with Crippen molar-refractivity contribution >= 4 is 17.5 Å². The highest BCUT2D eigenvalue weighted by atomic mass is 19.1. The second-order valence-corrected chi connectivity index (χ2v) is 6.46. The molecular formula is C19H24FN3O2. The number of halogens is 1. The molecule has 1 aromatic carbocycles. The van der Waals surface area contributed by atoms with Crippen LogP contribution in [-0.4, -0.2) is 34.9 Å². The van der Waals surface area contributed by atoms with Crippen LogP contribution in [0.2, 0.25) is 0 Å². The Balaban J connectivity index is 2.06. The number of carbonyl (C=O) groups is 2. The average Bonchev–Trinajstić information content (AvgIpc) is 2.83. The summed E-state index contributed by atoms with van der Waals surface area (Å²) < 4.78 is 15.0. The summed E-state index contributed by atoms with van der Waals surface area (Å²) in [7, 11) is 1.59. The Morgan fingerprint density at radius 3 is 2.32 bits per heavy atom. The van der Waals surface area contributed by atoms with Crippen LogP contribution in [0.4, 0.5) is 10.1 Å². The van der Waals surface area contributed by atoms with Crippen LogP contribution in [0.15, 0.2) is 30.3 Å². The van der Waals surface area contributed by atoms with Crippen LogP contribution >= 0.6 is 0 Å². The molecule has 0 aliphatic rings. The first-order valence-corrected chi connectivity index (χ1v) is 8.20. The fourth-order valence-electron chi connectivity index (χ4n) is 3.01. The molecule has 1 heterocycles. The summed E-state index contributed by atoms with van der Waals surface area (Å²) in [5.74, 6) is -0.903. The minimum Gasteiger partial charge on any atom is -0.346 e. The number of likely N-dealkylation sites (N-methyl/N-ethyl adjacent to an activating group) is 1. The molecule has 0 spiro atoms. The molecule has 0 fully saturated rings. The molecule has 6 heteroatoms. The number of anilines is 1. The molecule has 2 aromatic rings. The van der Waals surface area contributed by atoms with Gasteiger partial charge in [0, 0.05) is 30.2 Å². The molecule has 2 rings (SSSR count). The first-order valence-electron chi connectivity index (χ1n) is 8.20. The Labute approximate surface area is 147 Å². The van der Waals surface area contributed by atoms with Crippen LogP contribution in [0.25, 0.3) is 0 Å². The van der Waals surface area contributed by atoms with Crippen molar-refractivity contribution in [2.24, 2.45) is 0 Å². The molecule has 0 bridgehead atoms. The first-order chi connectivity index (χ1) is 11.7. The zero-order valence-corrected chi connectivity index (χ0v) is 15.3. The minimum atomic E-state index is -0.370. The zero-order chi connectivity index (χ0) is 18.7. The topological polar surface area (TPSA) is 54.3 Å². The van der Waals surface area contributed by atoms with Gasteiger partial charge in [-0.25, -0.2) is 4.39 Å². The summed E-state index contributed by atoms with van der Waals surface area (Å²) in [5.41, 5.74) is 3.00. The van der Waals surface area contributed by atoms with E-state index in [9.17, 15) is 14.0 Å². The highest BCUT2D eigenvalue weighted by Gasteiger charge is 2.21. The van der Waals surface area contributed by atoms with E-state index in [2.05, 4.69) is 23.7 Å². The number of aryl methyl sites for hydroxylation is 1. The fourth-order valence-corrected chi connectivity index (χ4v) is 3.01. The Bertz CT molecular complexity index is 779.